The predicted molar refractivity (Wildman–Crippen MR) is 88.4 cm³/mol. The van der Waals surface area contributed by atoms with Crippen molar-refractivity contribution in [3.05, 3.63) is 58.6 Å². The van der Waals surface area contributed by atoms with Gasteiger partial charge in [-0.25, -0.2) is 0 Å². The smallest absolute Gasteiger partial charge is 0.322 e. The van der Waals surface area contributed by atoms with Crippen molar-refractivity contribution in [1.29, 1.82) is 0 Å². The van der Waals surface area contributed by atoms with E-state index >= 15 is 0 Å². The van der Waals surface area contributed by atoms with Crippen LogP contribution in [0.2, 0.25) is 0 Å². The summed E-state index contributed by atoms with van der Waals surface area (Å²) in [6.45, 7) is 0. The second-order valence-corrected chi connectivity index (χ2v) is 5.40. The second kappa shape index (κ2) is 6.62. The van der Waals surface area contributed by atoms with E-state index in [1.807, 2.05) is 18.2 Å². The van der Waals surface area contributed by atoms with Gasteiger partial charge in [-0.2, -0.15) is 0 Å². The second-order valence-electron chi connectivity index (χ2n) is 4.55. The van der Waals surface area contributed by atoms with Gasteiger partial charge < -0.3 is 9.15 Å². The Kier molecular flexibility index (Phi) is 4.38. The number of anilines is 1. The first-order valence-corrected chi connectivity index (χ1v) is 7.51. The van der Waals surface area contributed by atoms with Gasteiger partial charge in [0.05, 0.1) is 18.2 Å². The summed E-state index contributed by atoms with van der Waals surface area (Å²) >= 11 is 3.33. The Hall–Kier alpha value is -2.67. The van der Waals surface area contributed by atoms with Gasteiger partial charge in [0.1, 0.15) is 5.75 Å². The van der Waals surface area contributed by atoms with Crippen LogP contribution in [0.25, 0.3) is 11.5 Å². The zero-order valence-electron chi connectivity index (χ0n) is 12.1. The van der Waals surface area contributed by atoms with Crippen LogP contribution >= 0.6 is 15.9 Å². The molecule has 0 unspecified atom stereocenters. The van der Waals surface area contributed by atoms with Gasteiger partial charge in [-0.15, -0.1) is 5.10 Å². The molecule has 0 saturated heterocycles. The number of benzene rings is 2. The monoisotopic (exact) mass is 373 g/mol. The summed E-state index contributed by atoms with van der Waals surface area (Å²) in [7, 11) is 1.56. The fourth-order valence-corrected chi connectivity index (χ4v) is 2.48. The lowest BCUT2D eigenvalue weighted by Crippen LogP contribution is -2.12. The van der Waals surface area contributed by atoms with Crippen LogP contribution in [0.5, 0.6) is 5.75 Å². The summed E-state index contributed by atoms with van der Waals surface area (Å²) in [5.41, 5.74) is 1.13. The summed E-state index contributed by atoms with van der Waals surface area (Å²) in [6, 6.07) is 14.4. The van der Waals surface area contributed by atoms with Gasteiger partial charge in [0.25, 0.3) is 11.8 Å². The number of carbonyl (C=O) groups is 1. The molecule has 0 saturated carbocycles. The Morgan fingerprint density at radius 1 is 1.13 bits per heavy atom. The first-order chi connectivity index (χ1) is 11.2. The Labute approximate surface area is 140 Å². The Morgan fingerprint density at radius 3 is 2.65 bits per heavy atom. The molecule has 3 rings (SSSR count). The van der Waals surface area contributed by atoms with Gasteiger partial charge in [0.15, 0.2) is 0 Å². The highest BCUT2D eigenvalue weighted by atomic mass is 79.9. The molecule has 7 heteroatoms. The van der Waals surface area contributed by atoms with E-state index in [9.17, 15) is 4.79 Å². The number of carbonyl (C=O) groups excluding carboxylic acids is 1. The molecule has 3 aromatic rings. The summed E-state index contributed by atoms with van der Waals surface area (Å²) in [5.74, 6) is 0.539. The van der Waals surface area contributed by atoms with Crippen molar-refractivity contribution in [1.82, 2.24) is 10.2 Å². The SMILES string of the molecule is COc1ccccc1-c1nnc(NC(=O)c2ccccc2Br)o1. The van der Waals surface area contributed by atoms with Crippen LogP contribution in [0.3, 0.4) is 0 Å². The van der Waals surface area contributed by atoms with Gasteiger partial charge in [0, 0.05) is 4.47 Å². The fraction of sp³-hybridized carbons (Fsp3) is 0.0625. The lowest BCUT2D eigenvalue weighted by Gasteiger charge is -2.04. The molecule has 1 aromatic heterocycles. The normalized spacial score (nSPS) is 10.3. The van der Waals surface area contributed by atoms with Crippen LogP contribution in [-0.4, -0.2) is 23.2 Å². The van der Waals surface area contributed by atoms with Gasteiger partial charge in [-0.3, -0.25) is 10.1 Å². The highest BCUT2D eigenvalue weighted by Crippen LogP contribution is 2.29. The molecule has 1 N–H and O–H groups in total. The average Bonchev–Trinajstić information content (AvgIpc) is 3.03. The summed E-state index contributed by atoms with van der Waals surface area (Å²) in [5, 5.41) is 10.4. The number of hydrogen-bond donors (Lipinski definition) is 1. The number of halogens is 1. The summed E-state index contributed by atoms with van der Waals surface area (Å²) in [6.07, 6.45) is 0. The van der Waals surface area contributed by atoms with Crippen molar-refractivity contribution >= 4 is 27.9 Å². The van der Waals surface area contributed by atoms with Crippen molar-refractivity contribution in [2.75, 3.05) is 12.4 Å². The van der Waals surface area contributed by atoms with Gasteiger partial charge in [0.2, 0.25) is 0 Å². The van der Waals surface area contributed by atoms with E-state index in [-0.39, 0.29) is 17.8 Å². The number of hydrogen-bond acceptors (Lipinski definition) is 5. The van der Waals surface area contributed by atoms with E-state index in [0.29, 0.717) is 21.3 Å². The molecule has 0 radical (unpaired) electrons. The third-order valence-corrected chi connectivity index (χ3v) is 3.79. The number of nitrogens with zero attached hydrogens (tertiary/aromatic N) is 2. The number of amides is 1. The molecule has 1 amide bonds. The Bertz CT molecular complexity index is 848. The molecule has 2 aromatic carbocycles. The third kappa shape index (κ3) is 3.24. The molecule has 1 heterocycles. The van der Waals surface area contributed by atoms with Crippen LogP contribution in [-0.2, 0) is 0 Å². The average molecular weight is 374 g/mol. The van der Waals surface area contributed by atoms with Crippen molar-refractivity contribution in [2.24, 2.45) is 0 Å². The summed E-state index contributed by atoms with van der Waals surface area (Å²) in [4.78, 5) is 12.2. The lowest BCUT2D eigenvalue weighted by molar-refractivity contribution is 0.102. The van der Waals surface area contributed by atoms with E-state index in [1.54, 1.807) is 37.4 Å². The standard InChI is InChI=1S/C16H12BrN3O3/c1-22-13-9-5-3-7-11(13)15-19-20-16(23-15)18-14(21)10-6-2-4-8-12(10)17/h2-9H,1H3,(H,18,20,21). The molecule has 6 nitrogen and oxygen atoms in total. The Morgan fingerprint density at radius 2 is 1.87 bits per heavy atom. The minimum Gasteiger partial charge on any atom is -0.496 e. The van der Waals surface area contributed by atoms with Crippen molar-refractivity contribution in [2.45, 2.75) is 0 Å². The lowest BCUT2D eigenvalue weighted by atomic mass is 10.2. The van der Waals surface area contributed by atoms with Crippen LogP contribution in [0, 0.1) is 0 Å². The largest absolute Gasteiger partial charge is 0.496 e. The van der Waals surface area contributed by atoms with Crippen molar-refractivity contribution < 1.29 is 13.9 Å². The number of ether oxygens (including phenoxy) is 1. The number of aromatic nitrogens is 2. The molecule has 0 aliphatic rings. The molecule has 0 spiro atoms. The van der Waals surface area contributed by atoms with Gasteiger partial charge in [-0.05, 0) is 40.2 Å². The maximum Gasteiger partial charge on any atom is 0.322 e. The van der Waals surface area contributed by atoms with E-state index < -0.39 is 0 Å². The van der Waals surface area contributed by atoms with E-state index in [0.717, 1.165) is 0 Å². The number of rotatable bonds is 4. The zero-order chi connectivity index (χ0) is 16.2. The molecule has 0 fully saturated rings. The van der Waals surface area contributed by atoms with Crippen molar-refractivity contribution in [3.8, 4) is 17.2 Å². The molecule has 0 atom stereocenters. The summed E-state index contributed by atoms with van der Waals surface area (Å²) < 4.78 is 11.4. The Balaban J connectivity index is 1.83. The van der Waals surface area contributed by atoms with E-state index in [4.69, 9.17) is 9.15 Å². The first-order valence-electron chi connectivity index (χ1n) is 6.72. The number of nitrogens with one attached hydrogen (secondary N) is 1. The van der Waals surface area contributed by atoms with Crippen LogP contribution in [0.1, 0.15) is 10.4 Å². The maximum absolute atomic E-state index is 12.2. The van der Waals surface area contributed by atoms with Crippen LogP contribution < -0.4 is 10.1 Å². The fourth-order valence-electron chi connectivity index (χ4n) is 2.01. The van der Waals surface area contributed by atoms with Crippen molar-refractivity contribution in [3.63, 3.8) is 0 Å². The minimum atomic E-state index is -0.340. The van der Waals surface area contributed by atoms with Crippen LogP contribution in [0.15, 0.2) is 57.4 Å². The molecule has 0 aliphatic heterocycles. The van der Waals surface area contributed by atoms with E-state index in [2.05, 4.69) is 31.4 Å². The molecule has 0 aliphatic carbocycles. The third-order valence-electron chi connectivity index (χ3n) is 3.10. The van der Waals surface area contributed by atoms with Gasteiger partial charge >= 0.3 is 6.01 Å². The van der Waals surface area contributed by atoms with Crippen LogP contribution in [0.4, 0.5) is 6.01 Å². The number of methoxy groups -OCH3 is 1. The molecule has 23 heavy (non-hydrogen) atoms. The maximum atomic E-state index is 12.2. The zero-order valence-corrected chi connectivity index (χ0v) is 13.7. The molecule has 0 bridgehead atoms. The highest BCUT2D eigenvalue weighted by molar-refractivity contribution is 9.10. The van der Waals surface area contributed by atoms with E-state index in [1.165, 1.54) is 0 Å². The molecular weight excluding hydrogens is 362 g/mol. The highest BCUT2D eigenvalue weighted by Gasteiger charge is 2.16. The molecular formula is C16H12BrN3O3. The topological polar surface area (TPSA) is 77.3 Å². The quantitative estimate of drug-likeness (QED) is 0.753. The number of para-hydroxylation sites is 1. The first kappa shape index (κ1) is 15.2. The predicted octanol–water partition coefficient (Wildman–Crippen LogP) is 3.76. The minimum absolute atomic E-state index is 0.0201. The van der Waals surface area contributed by atoms with Gasteiger partial charge in [-0.1, -0.05) is 29.4 Å². The molecule has 116 valence electrons.